The zero-order valence-electron chi connectivity index (χ0n) is 50.8. The van der Waals surface area contributed by atoms with E-state index in [1.807, 2.05) is 0 Å². The Balaban J connectivity index is 0.911. The molecule has 26 N–H and O–H groups in total. The van der Waals surface area contributed by atoms with E-state index < -0.39 is 298 Å². The number of aliphatic hydroxyl groups excluding tert-OH is 25. The first-order valence-corrected chi connectivity index (χ1v) is 30.6. The molecule has 7 fully saturated rings. The van der Waals surface area contributed by atoms with Gasteiger partial charge in [0.15, 0.2) is 44.0 Å². The highest BCUT2D eigenvalue weighted by Crippen LogP contribution is 2.38. The molecule has 8 aliphatic rings. The summed E-state index contributed by atoms with van der Waals surface area (Å²) in [6.45, 7) is -4.25. The van der Waals surface area contributed by atoms with Crippen molar-refractivity contribution in [2.45, 2.75) is 260 Å². The molecule has 0 amide bonds. The van der Waals surface area contributed by atoms with Crippen LogP contribution in [0.25, 0.3) is 0 Å². The number of hydrogen-bond donors (Lipinski definition) is 26. The SMILES string of the molecule is CC(C)CC(=O)OC[C@H]1O[C@H](O[C@H]2[C@H](O)[C@@H](O)[C@@H](O[C@H]3[C@H](O)[C@@H](O)[C@@H](O[C@H]4[C@H](O)[C@@H](O)C(O)O[C@@H]4CO)O[C@@H]3CO)O[C@@H]2CO)[C@H](O)[C@@H](O)[C@@H]1O[C@H]1O[C@H](CO)[C@@H](N[C@H]2C=C(CO)[C@@H](O[C@H]3O[C@H](CO)[C@@H](O[C@H]4O[C@H](CO)[C@@H](O)[C@H](O)[C@H]4O)[C@H](O)[C@H]3O)[C@H](O)[C@H]2O)[C@H](O)[C@H]1O. The molecule has 1 unspecified atom stereocenters. The maximum Gasteiger partial charge on any atom is 0.306 e. The lowest BCUT2D eigenvalue weighted by Gasteiger charge is -2.50. The Bertz CT molecular complexity index is 2380. The summed E-state index contributed by atoms with van der Waals surface area (Å²) in [6, 6.07) is -3.16. The number of nitrogens with one attached hydrogen (secondary N) is 1. The van der Waals surface area contributed by atoms with Crippen LogP contribution in [-0.4, -0.2) is 426 Å². The van der Waals surface area contributed by atoms with Gasteiger partial charge in [0.1, 0.15) is 190 Å². The molecule has 39 atom stereocenters. The largest absolute Gasteiger partial charge is 0.463 e. The quantitative estimate of drug-likeness (QED) is 0.0298. The van der Waals surface area contributed by atoms with Crippen molar-refractivity contribution in [2.24, 2.45) is 5.92 Å². The molecule has 95 heavy (non-hydrogen) atoms. The second-order valence-corrected chi connectivity index (χ2v) is 24.7. The van der Waals surface area contributed by atoms with Gasteiger partial charge in [0.2, 0.25) is 0 Å². The monoisotopic (exact) mass is 1390 g/mol. The predicted octanol–water partition coefficient (Wildman–Crippen LogP) is -16.7. The molecule has 1 aliphatic carbocycles. The third kappa shape index (κ3) is 16.9. The van der Waals surface area contributed by atoms with Crippen molar-refractivity contribution in [1.82, 2.24) is 5.32 Å². The molecular weight excluding hydrogens is 1300 g/mol. The van der Waals surface area contributed by atoms with Crippen LogP contribution in [0.15, 0.2) is 11.6 Å². The molecule has 0 radical (unpaired) electrons. The number of rotatable bonds is 25. The summed E-state index contributed by atoms with van der Waals surface area (Å²) in [5.74, 6) is -1.07. The van der Waals surface area contributed by atoms with Gasteiger partial charge in [0.25, 0.3) is 0 Å². The highest BCUT2D eigenvalue weighted by molar-refractivity contribution is 5.69. The first-order valence-electron chi connectivity index (χ1n) is 30.6. The molecule has 7 aliphatic heterocycles. The Labute approximate surface area is 539 Å². The van der Waals surface area contributed by atoms with Crippen molar-refractivity contribution in [2.75, 3.05) is 52.9 Å². The van der Waals surface area contributed by atoms with Crippen LogP contribution in [-0.2, 0) is 71.1 Å². The molecule has 41 heteroatoms. The standard InChI is InChI=1S/C54H91NO40/c1-13(2)3-23(63)82-12-22-47(34(73)41(80)54(89-22)94-46-21(11-62)88-53(40(79)33(46)72)93-45-20(10-61)87-52(39(78)32(45)71)91-43-18(8-59)83-48(81)35(74)30(43)69)95-49-36(75)27(66)24(16(6-57)84-49)55-15-4-14(5-56)42(29(68)25(15)64)90-51-38(77)31(70)44(19(9-60)86-51)92-50-37(76)28(67)26(65)17(7-58)85-50/h4,13,15-22,24-62,64-81H,3,5-12H2,1-2H3/t15-,16+,17+,18+,19+,20+,21+,22+,24+,25-,26+,27-,28-,29+,30+,31+,32+,33+,34+,35+,36+,37+,38+,39+,40+,41+,42+,43+,44+,45+,46+,47+,48?,49+,50+,51+,52+,53+,54+/m0/s1. The van der Waals surface area contributed by atoms with E-state index in [1.165, 1.54) is 0 Å². The summed E-state index contributed by atoms with van der Waals surface area (Å²) >= 11 is 0. The van der Waals surface area contributed by atoms with Gasteiger partial charge in [0.05, 0.1) is 58.3 Å². The van der Waals surface area contributed by atoms with Gasteiger partial charge < -0.3 is 199 Å². The lowest BCUT2D eigenvalue weighted by atomic mass is 9.86. The second-order valence-electron chi connectivity index (χ2n) is 24.7. The molecule has 0 aromatic heterocycles. The second kappa shape index (κ2) is 34.1. The average molecular weight is 1390 g/mol. The molecular formula is C54H91NO40. The van der Waals surface area contributed by atoms with Crippen molar-refractivity contribution in [3.63, 3.8) is 0 Å². The van der Waals surface area contributed by atoms with Crippen molar-refractivity contribution in [3.8, 4) is 0 Å². The summed E-state index contributed by atoms with van der Waals surface area (Å²) in [5, 5.41) is 273. The van der Waals surface area contributed by atoms with E-state index in [1.54, 1.807) is 13.8 Å². The summed E-state index contributed by atoms with van der Waals surface area (Å²) in [6.07, 6.45) is -71.0. The van der Waals surface area contributed by atoms with Crippen LogP contribution in [0.1, 0.15) is 20.3 Å². The third-order valence-electron chi connectivity index (χ3n) is 17.8. The van der Waals surface area contributed by atoms with Crippen molar-refractivity contribution < 1.29 is 199 Å². The summed E-state index contributed by atoms with van der Waals surface area (Å²) in [7, 11) is 0. The topological polar surface area (TPSA) is 664 Å². The Morgan fingerprint density at radius 1 is 0.379 bits per heavy atom. The van der Waals surface area contributed by atoms with Crippen LogP contribution in [0.2, 0.25) is 0 Å². The van der Waals surface area contributed by atoms with Gasteiger partial charge in [-0.1, -0.05) is 19.9 Å². The van der Waals surface area contributed by atoms with Gasteiger partial charge in [-0.3, -0.25) is 4.79 Å². The van der Waals surface area contributed by atoms with Gasteiger partial charge in [-0.05, 0) is 11.5 Å². The molecule has 41 nitrogen and oxygen atoms in total. The lowest BCUT2D eigenvalue weighted by Crippen LogP contribution is -2.69. The van der Waals surface area contributed by atoms with Crippen LogP contribution in [0.5, 0.6) is 0 Å². The van der Waals surface area contributed by atoms with Gasteiger partial charge >= 0.3 is 5.97 Å². The molecule has 552 valence electrons. The van der Waals surface area contributed by atoms with E-state index in [2.05, 4.69) is 5.32 Å². The maximum absolute atomic E-state index is 12.9. The first kappa shape index (κ1) is 78.4. The molecule has 0 aromatic carbocycles. The minimum Gasteiger partial charge on any atom is -0.463 e. The van der Waals surface area contributed by atoms with E-state index in [4.69, 9.17) is 66.3 Å². The van der Waals surface area contributed by atoms with Crippen LogP contribution < -0.4 is 5.32 Å². The van der Waals surface area contributed by atoms with Crippen LogP contribution in [0.3, 0.4) is 0 Å². The Morgan fingerprint density at radius 3 is 1.12 bits per heavy atom. The van der Waals surface area contributed by atoms with Gasteiger partial charge in [-0.25, -0.2) is 0 Å². The smallest absolute Gasteiger partial charge is 0.306 e. The lowest BCUT2D eigenvalue weighted by molar-refractivity contribution is -0.392. The molecule has 0 spiro atoms. The Hall–Kier alpha value is -2.35. The fourth-order valence-electron chi connectivity index (χ4n) is 12.3. The van der Waals surface area contributed by atoms with E-state index in [9.17, 15) is 132 Å². The number of aliphatic hydroxyl groups is 25. The maximum atomic E-state index is 12.9. The molecule has 7 saturated heterocycles. The summed E-state index contributed by atoms with van der Waals surface area (Å²) < 4.78 is 78.9. The van der Waals surface area contributed by atoms with Crippen molar-refractivity contribution >= 4 is 5.97 Å². The Kier molecular flexibility index (Phi) is 28.1. The van der Waals surface area contributed by atoms with Crippen LogP contribution >= 0.6 is 0 Å². The van der Waals surface area contributed by atoms with Crippen LogP contribution in [0, 0.1) is 5.92 Å². The van der Waals surface area contributed by atoms with E-state index >= 15 is 0 Å². The van der Waals surface area contributed by atoms with Gasteiger partial charge in [0, 0.05) is 6.42 Å². The third-order valence-corrected chi connectivity index (χ3v) is 17.8. The minimum atomic E-state index is -2.28. The predicted molar refractivity (Wildman–Crippen MR) is 293 cm³/mol. The van der Waals surface area contributed by atoms with E-state index in [0.717, 1.165) is 6.08 Å². The molecule has 7 heterocycles. The molecule has 0 bridgehead atoms. The van der Waals surface area contributed by atoms with Crippen LogP contribution in [0.4, 0.5) is 0 Å². The molecule has 0 saturated carbocycles. The molecule has 0 aromatic rings. The summed E-state index contributed by atoms with van der Waals surface area (Å²) in [5.41, 5.74) is -0.245. The summed E-state index contributed by atoms with van der Waals surface area (Å²) in [4.78, 5) is 12.9. The highest BCUT2D eigenvalue weighted by Gasteiger charge is 2.59. The van der Waals surface area contributed by atoms with Crippen molar-refractivity contribution in [1.29, 1.82) is 0 Å². The number of carbonyl (C=O) groups excluding carboxylic acids is 1. The average Bonchev–Trinajstić information content (AvgIpc) is 0.782. The number of ether oxygens (including phenoxy) is 14. The Morgan fingerprint density at radius 2 is 0.716 bits per heavy atom. The highest BCUT2D eigenvalue weighted by atomic mass is 16.8. The number of hydrogen-bond acceptors (Lipinski definition) is 41. The first-order chi connectivity index (χ1) is 45.0. The zero-order chi connectivity index (χ0) is 69.9. The fourth-order valence-corrected chi connectivity index (χ4v) is 12.3. The zero-order valence-corrected chi connectivity index (χ0v) is 50.8. The van der Waals surface area contributed by atoms with Gasteiger partial charge in [-0.15, -0.1) is 0 Å². The minimum absolute atomic E-state index is 0.159. The normalized spacial score (nSPS) is 50.1. The van der Waals surface area contributed by atoms with Gasteiger partial charge in [-0.2, -0.15) is 0 Å². The number of esters is 1. The van der Waals surface area contributed by atoms with E-state index in [-0.39, 0.29) is 17.9 Å². The van der Waals surface area contributed by atoms with Crippen molar-refractivity contribution in [3.05, 3.63) is 11.6 Å². The van der Waals surface area contributed by atoms with E-state index in [0.29, 0.717) is 0 Å². The number of carbonyl (C=O) groups is 1. The molecule has 8 rings (SSSR count). The fraction of sp³-hybridized carbons (Fsp3) is 0.944.